The number of para-hydroxylation sites is 3. The molecule has 0 saturated heterocycles. The molecule has 0 aliphatic heterocycles. The van der Waals surface area contributed by atoms with E-state index < -0.39 is 0 Å². The highest BCUT2D eigenvalue weighted by molar-refractivity contribution is 5.96. The normalized spacial score (nSPS) is 18.5. The molecule has 0 amide bonds. The highest BCUT2D eigenvalue weighted by Gasteiger charge is 2.50. The van der Waals surface area contributed by atoms with Crippen LogP contribution in [0.3, 0.4) is 0 Å². The number of methoxy groups -OCH3 is 3. The van der Waals surface area contributed by atoms with Gasteiger partial charge in [-0.25, -0.2) is 0 Å². The topological polar surface area (TPSA) is 160 Å². The van der Waals surface area contributed by atoms with Gasteiger partial charge in [0.25, 0.3) is 0 Å². The zero-order valence-electron chi connectivity index (χ0n) is 53.4. The number of fused-ring (bicyclic) bond motifs is 3. The molecule has 0 spiro atoms. The van der Waals surface area contributed by atoms with Gasteiger partial charge in [-0.1, -0.05) is 144 Å². The number of carbonyl (C=O) groups is 3. The average Bonchev–Trinajstić information content (AvgIpc) is 0.967. The molecular weight excluding hydrogens is 1130 g/mol. The number of ether oxygens (including phenoxy) is 6. The first-order chi connectivity index (χ1) is 43.7. The maximum atomic E-state index is 11.9. The maximum Gasteiger partial charge on any atom is 0.327 e. The van der Waals surface area contributed by atoms with Crippen LogP contribution in [0.2, 0.25) is 0 Å². The standard InChI is InChI=1S/C28H32N2O3.C25H30N2O3.C22H26N2O3/c1-32-26(31)18-30-25-8-3-2-7-24(25)27(29-30)22-5-4-6-23(14-22)33-10-9-28-15-19-11-20(16-28)13-21(12-19)17-28;1-29-24(28)18-27-23-15-6-5-14-22(23)25(26-27)20-12-7-13-21(17-20)30-16-8-11-19-9-3-2-4-10-19;1-22(2,3)12-13-27-17-9-7-8-16(14-17)21-18-10-5-6-11-19(18)24(23-21)15-20(25)26-4/h2-8,14,19-21H,9-13,15-18H2,1H3;5-7,12-15,17,19H,2-4,8-11,16,18H2,1H3;5-11,14H,12-13,15H2,1-4H3. The van der Waals surface area contributed by atoms with Gasteiger partial charge in [0.15, 0.2) is 0 Å². The third kappa shape index (κ3) is 15.7. The van der Waals surface area contributed by atoms with E-state index in [1.54, 1.807) is 14.0 Å². The van der Waals surface area contributed by atoms with Gasteiger partial charge < -0.3 is 28.4 Å². The van der Waals surface area contributed by atoms with Gasteiger partial charge in [-0.3, -0.25) is 28.4 Å². The van der Waals surface area contributed by atoms with Crippen LogP contribution in [0.5, 0.6) is 17.2 Å². The Labute approximate surface area is 529 Å². The first-order valence-electron chi connectivity index (χ1n) is 32.5. The van der Waals surface area contributed by atoms with Gasteiger partial charge >= 0.3 is 17.9 Å². The summed E-state index contributed by atoms with van der Waals surface area (Å²) in [6, 6.07) is 48.0. The zero-order valence-corrected chi connectivity index (χ0v) is 53.4. The Morgan fingerprint density at radius 3 is 1.24 bits per heavy atom. The van der Waals surface area contributed by atoms with Gasteiger partial charge in [0, 0.05) is 32.8 Å². The molecule has 14 rings (SSSR count). The van der Waals surface area contributed by atoms with Crippen molar-refractivity contribution < 1.29 is 42.8 Å². The molecule has 90 heavy (non-hydrogen) atoms. The molecule has 0 atom stereocenters. The van der Waals surface area contributed by atoms with Gasteiger partial charge in [0.1, 0.15) is 54.0 Å². The van der Waals surface area contributed by atoms with Gasteiger partial charge in [-0.05, 0) is 153 Å². The lowest BCUT2D eigenvalue weighted by molar-refractivity contribution is -0.142. The Balaban J connectivity index is 0.000000140. The quantitative estimate of drug-likeness (QED) is 0.0381. The van der Waals surface area contributed by atoms with Crippen molar-refractivity contribution in [2.75, 3.05) is 41.2 Å². The van der Waals surface area contributed by atoms with Crippen molar-refractivity contribution >= 4 is 50.6 Å². The summed E-state index contributed by atoms with van der Waals surface area (Å²) >= 11 is 0. The molecule has 5 saturated carbocycles. The van der Waals surface area contributed by atoms with E-state index in [-0.39, 0.29) is 43.0 Å². The van der Waals surface area contributed by atoms with Crippen LogP contribution >= 0.6 is 0 Å². The van der Waals surface area contributed by atoms with Crippen LogP contribution in [0.4, 0.5) is 0 Å². The lowest BCUT2D eigenvalue weighted by Gasteiger charge is -2.57. The molecule has 3 heterocycles. The minimum atomic E-state index is -0.325. The van der Waals surface area contributed by atoms with Crippen molar-refractivity contribution in [3.63, 3.8) is 0 Å². The zero-order chi connectivity index (χ0) is 62.6. The lowest BCUT2D eigenvalue weighted by Crippen LogP contribution is -2.46. The predicted octanol–water partition coefficient (Wildman–Crippen LogP) is 16.2. The summed E-state index contributed by atoms with van der Waals surface area (Å²) in [4.78, 5) is 35.4. The van der Waals surface area contributed by atoms with Crippen molar-refractivity contribution in [2.24, 2.45) is 34.5 Å². The third-order valence-corrected chi connectivity index (χ3v) is 18.8. The fourth-order valence-electron chi connectivity index (χ4n) is 14.6. The van der Waals surface area contributed by atoms with E-state index >= 15 is 0 Å². The van der Waals surface area contributed by atoms with Crippen LogP contribution in [0.25, 0.3) is 66.5 Å². The van der Waals surface area contributed by atoms with E-state index in [1.807, 2.05) is 133 Å². The number of benzene rings is 6. The fourth-order valence-corrected chi connectivity index (χ4v) is 14.6. The minimum Gasteiger partial charge on any atom is -0.494 e. The van der Waals surface area contributed by atoms with E-state index in [1.165, 1.54) is 105 Å². The van der Waals surface area contributed by atoms with E-state index in [9.17, 15) is 14.4 Å². The first-order valence-corrected chi connectivity index (χ1v) is 32.5. The van der Waals surface area contributed by atoms with Crippen molar-refractivity contribution in [3.8, 4) is 51.0 Å². The second-order valence-corrected chi connectivity index (χ2v) is 26.6. The van der Waals surface area contributed by atoms with E-state index in [0.29, 0.717) is 12.0 Å². The van der Waals surface area contributed by atoms with Gasteiger partial charge in [-0.15, -0.1) is 0 Å². The molecular formula is C75H88N6O9. The van der Waals surface area contributed by atoms with Crippen molar-refractivity contribution in [3.05, 3.63) is 146 Å². The summed E-state index contributed by atoms with van der Waals surface area (Å²) in [5, 5.41) is 17.2. The SMILES string of the molecule is COC(=O)Cn1nc(-c2cccc(OCCC(C)(C)C)c2)c2ccccc21.COC(=O)Cn1nc(-c2cccc(OCCC34CC5CC(CC(C5)C3)C4)c2)c2ccccc21.COC(=O)Cn1nc(-c2cccc(OCCCC3CCCCC3)c2)c2ccccc21. The Bertz CT molecular complexity index is 3870. The Hall–Kier alpha value is -8.46. The Kier molecular flexibility index (Phi) is 20.3. The van der Waals surface area contributed by atoms with Gasteiger partial charge in [0.05, 0.1) is 57.7 Å². The summed E-state index contributed by atoms with van der Waals surface area (Å²) in [5.74, 6) is 5.46. The second kappa shape index (κ2) is 29.0. The van der Waals surface area contributed by atoms with Gasteiger partial charge in [0.2, 0.25) is 0 Å². The molecule has 15 heteroatoms. The van der Waals surface area contributed by atoms with E-state index in [0.717, 1.165) is 133 Å². The van der Waals surface area contributed by atoms with E-state index in [4.69, 9.17) is 38.6 Å². The number of carbonyl (C=O) groups excluding carboxylic acids is 3. The van der Waals surface area contributed by atoms with Crippen LogP contribution in [-0.4, -0.2) is 88.4 Å². The summed E-state index contributed by atoms with van der Waals surface area (Å²) in [5.41, 5.74) is 9.00. The molecule has 0 N–H and O–H groups in total. The molecule has 5 aliphatic rings. The fraction of sp³-hybridized carbons (Fsp3) is 0.440. The molecule has 4 bridgehead atoms. The Morgan fingerprint density at radius 1 is 0.478 bits per heavy atom. The van der Waals surface area contributed by atoms with Crippen molar-refractivity contribution in [1.82, 2.24) is 29.3 Å². The average molecular weight is 1220 g/mol. The molecule has 9 aromatic rings. The molecule has 0 radical (unpaired) electrons. The van der Waals surface area contributed by atoms with Crippen LogP contribution in [0.15, 0.2) is 146 Å². The number of nitrogens with zero attached hydrogens (tertiary/aromatic N) is 6. The number of aromatic nitrogens is 6. The first kappa shape index (κ1) is 63.1. The predicted molar refractivity (Wildman–Crippen MR) is 353 cm³/mol. The highest BCUT2D eigenvalue weighted by Crippen LogP contribution is 2.61. The lowest BCUT2D eigenvalue weighted by atomic mass is 9.49. The minimum absolute atomic E-state index is 0.0821. The second-order valence-electron chi connectivity index (χ2n) is 26.6. The molecule has 15 nitrogen and oxygen atoms in total. The largest absolute Gasteiger partial charge is 0.494 e. The summed E-state index contributed by atoms with van der Waals surface area (Å²) < 4.78 is 37.8. The summed E-state index contributed by atoms with van der Waals surface area (Å²) in [7, 11) is 4.18. The summed E-state index contributed by atoms with van der Waals surface area (Å²) in [6.07, 6.45) is 20.2. The molecule has 3 aromatic heterocycles. The molecule has 472 valence electrons. The molecule has 0 unspecified atom stereocenters. The Morgan fingerprint density at radius 2 is 0.856 bits per heavy atom. The summed E-state index contributed by atoms with van der Waals surface area (Å²) in [6.45, 7) is 9.08. The molecule has 5 fully saturated rings. The number of hydrogen-bond acceptors (Lipinski definition) is 12. The van der Waals surface area contributed by atoms with Crippen LogP contribution in [-0.2, 0) is 48.2 Å². The number of esters is 3. The third-order valence-electron chi connectivity index (χ3n) is 18.8. The van der Waals surface area contributed by atoms with Crippen LogP contribution in [0, 0.1) is 34.5 Å². The van der Waals surface area contributed by atoms with Crippen molar-refractivity contribution in [1.29, 1.82) is 0 Å². The monoisotopic (exact) mass is 1220 g/mol. The van der Waals surface area contributed by atoms with E-state index in [2.05, 4.69) is 38.0 Å². The van der Waals surface area contributed by atoms with Crippen molar-refractivity contribution in [2.45, 2.75) is 137 Å². The number of hydrogen-bond donors (Lipinski definition) is 0. The maximum absolute atomic E-state index is 11.9. The van der Waals surface area contributed by atoms with Crippen LogP contribution < -0.4 is 14.2 Å². The van der Waals surface area contributed by atoms with Crippen LogP contribution in [0.1, 0.15) is 117 Å². The van der Waals surface area contributed by atoms with Gasteiger partial charge in [-0.2, -0.15) is 15.3 Å². The smallest absolute Gasteiger partial charge is 0.327 e. The molecule has 6 aromatic carbocycles. The highest BCUT2D eigenvalue weighted by atomic mass is 16.5. The molecule has 5 aliphatic carbocycles. The number of rotatable bonds is 21.